The first-order valence-corrected chi connectivity index (χ1v) is 10.1. The van der Waals surface area contributed by atoms with Gasteiger partial charge in [-0.25, -0.2) is 0 Å². The molecule has 0 spiro atoms. The summed E-state index contributed by atoms with van der Waals surface area (Å²) in [6.07, 6.45) is 3.43. The van der Waals surface area contributed by atoms with Crippen LogP contribution < -0.4 is 10.1 Å². The van der Waals surface area contributed by atoms with E-state index >= 15 is 0 Å². The van der Waals surface area contributed by atoms with Gasteiger partial charge in [-0.15, -0.1) is 0 Å². The van der Waals surface area contributed by atoms with Crippen molar-refractivity contribution in [3.05, 3.63) is 101 Å². The van der Waals surface area contributed by atoms with Crippen molar-refractivity contribution >= 4 is 11.6 Å². The van der Waals surface area contributed by atoms with Crippen molar-refractivity contribution in [1.29, 1.82) is 0 Å². The number of aryl methyl sites for hydroxylation is 3. The average Bonchev–Trinajstić information content (AvgIpc) is 3.37. The van der Waals surface area contributed by atoms with E-state index in [0.29, 0.717) is 18.0 Å². The molecule has 0 unspecified atom stereocenters. The largest absolute Gasteiger partial charge is 0.485 e. The Kier molecular flexibility index (Phi) is 5.89. The molecule has 6 heteroatoms. The molecule has 0 fully saturated rings. The summed E-state index contributed by atoms with van der Waals surface area (Å²) in [6, 6.07) is 17.7. The van der Waals surface area contributed by atoms with Crippen molar-refractivity contribution in [1.82, 2.24) is 9.78 Å². The zero-order valence-corrected chi connectivity index (χ0v) is 17.9. The Morgan fingerprint density at radius 1 is 1.06 bits per heavy atom. The van der Waals surface area contributed by atoms with Gasteiger partial charge in [-0.05, 0) is 49.6 Å². The van der Waals surface area contributed by atoms with Crippen molar-refractivity contribution in [2.24, 2.45) is 0 Å². The molecule has 0 bridgehead atoms. The van der Waals surface area contributed by atoms with Gasteiger partial charge >= 0.3 is 0 Å². The van der Waals surface area contributed by atoms with E-state index in [1.54, 1.807) is 29.2 Å². The second kappa shape index (κ2) is 8.92. The van der Waals surface area contributed by atoms with Crippen molar-refractivity contribution in [3.63, 3.8) is 0 Å². The summed E-state index contributed by atoms with van der Waals surface area (Å²) in [5.74, 6) is 1.33. The molecule has 0 saturated heterocycles. The molecule has 0 aliphatic heterocycles. The minimum Gasteiger partial charge on any atom is -0.485 e. The molecule has 0 aliphatic rings. The quantitative estimate of drug-likeness (QED) is 0.446. The Morgan fingerprint density at radius 2 is 1.84 bits per heavy atom. The van der Waals surface area contributed by atoms with Crippen LogP contribution in [0.2, 0.25) is 0 Å². The molecule has 4 aromatic rings. The van der Waals surface area contributed by atoms with Crippen LogP contribution in [0.4, 0.5) is 5.69 Å². The van der Waals surface area contributed by atoms with E-state index in [2.05, 4.69) is 35.5 Å². The summed E-state index contributed by atoms with van der Waals surface area (Å²) in [4.78, 5) is 12.5. The first kappa shape index (κ1) is 20.5. The molecule has 4 rings (SSSR count). The normalized spacial score (nSPS) is 10.8. The van der Waals surface area contributed by atoms with Gasteiger partial charge in [0, 0.05) is 6.20 Å². The van der Waals surface area contributed by atoms with Gasteiger partial charge in [-0.3, -0.25) is 9.48 Å². The van der Waals surface area contributed by atoms with Crippen LogP contribution in [-0.2, 0) is 13.2 Å². The van der Waals surface area contributed by atoms with E-state index in [-0.39, 0.29) is 18.3 Å². The average molecular weight is 415 g/mol. The van der Waals surface area contributed by atoms with Crippen LogP contribution in [0.5, 0.6) is 5.75 Å². The minimum absolute atomic E-state index is 0.228. The highest BCUT2D eigenvalue weighted by molar-refractivity contribution is 6.02. The number of hydrogen-bond donors (Lipinski definition) is 1. The lowest BCUT2D eigenvalue weighted by Gasteiger charge is -2.10. The van der Waals surface area contributed by atoms with Gasteiger partial charge in [0.15, 0.2) is 5.76 Å². The lowest BCUT2D eigenvalue weighted by atomic mass is 10.1. The van der Waals surface area contributed by atoms with Crippen molar-refractivity contribution in [2.45, 2.75) is 33.9 Å². The zero-order valence-electron chi connectivity index (χ0n) is 17.9. The van der Waals surface area contributed by atoms with Gasteiger partial charge in [0.2, 0.25) is 0 Å². The molecule has 2 aromatic carbocycles. The van der Waals surface area contributed by atoms with Crippen LogP contribution in [0.1, 0.15) is 38.6 Å². The highest BCUT2D eigenvalue weighted by Gasteiger charge is 2.14. The van der Waals surface area contributed by atoms with E-state index in [1.165, 1.54) is 5.56 Å². The zero-order chi connectivity index (χ0) is 21.8. The Balaban J connectivity index is 1.35. The minimum atomic E-state index is -0.326. The number of benzene rings is 2. The van der Waals surface area contributed by atoms with E-state index in [9.17, 15) is 4.79 Å². The number of furan rings is 1. The molecule has 31 heavy (non-hydrogen) atoms. The number of nitrogens with zero attached hydrogens (tertiary/aromatic N) is 2. The topological polar surface area (TPSA) is 69.3 Å². The van der Waals surface area contributed by atoms with Gasteiger partial charge < -0.3 is 14.5 Å². The number of para-hydroxylation sites is 1. The number of carbonyl (C=O) groups excluding carboxylic acids is 1. The Labute approximate surface area is 181 Å². The molecule has 0 atom stereocenters. The van der Waals surface area contributed by atoms with E-state index < -0.39 is 0 Å². The Hall–Kier alpha value is -3.80. The van der Waals surface area contributed by atoms with Gasteiger partial charge in [-0.2, -0.15) is 5.10 Å². The lowest BCUT2D eigenvalue weighted by molar-refractivity contribution is 0.0992. The molecule has 2 aromatic heterocycles. The van der Waals surface area contributed by atoms with Crippen molar-refractivity contribution in [2.75, 3.05) is 5.32 Å². The molecule has 1 N–H and O–H groups in total. The number of aromatic nitrogens is 2. The van der Waals surface area contributed by atoms with Gasteiger partial charge in [0.1, 0.15) is 18.1 Å². The number of hydrogen-bond acceptors (Lipinski definition) is 4. The van der Waals surface area contributed by atoms with E-state index in [4.69, 9.17) is 9.15 Å². The van der Waals surface area contributed by atoms with Crippen LogP contribution in [0, 0.1) is 20.8 Å². The summed E-state index contributed by atoms with van der Waals surface area (Å²) >= 11 is 0. The Morgan fingerprint density at radius 3 is 2.61 bits per heavy atom. The first-order chi connectivity index (χ1) is 15.0. The smallest absolute Gasteiger partial charge is 0.291 e. The molecule has 6 nitrogen and oxygen atoms in total. The monoisotopic (exact) mass is 415 g/mol. The molecular weight excluding hydrogens is 390 g/mol. The number of nitrogens with one attached hydrogen (secondary N) is 1. The first-order valence-electron chi connectivity index (χ1n) is 10.1. The second-order valence-electron chi connectivity index (χ2n) is 7.65. The highest BCUT2D eigenvalue weighted by atomic mass is 16.5. The maximum atomic E-state index is 12.5. The molecule has 2 heterocycles. The highest BCUT2D eigenvalue weighted by Crippen LogP contribution is 2.24. The van der Waals surface area contributed by atoms with Crippen LogP contribution in [0.3, 0.4) is 0 Å². The summed E-state index contributed by atoms with van der Waals surface area (Å²) in [7, 11) is 0. The Bertz CT molecular complexity index is 1190. The van der Waals surface area contributed by atoms with E-state index in [0.717, 1.165) is 22.4 Å². The third-order valence-corrected chi connectivity index (χ3v) is 4.97. The molecule has 1 amide bonds. The molecule has 0 saturated carbocycles. The molecule has 0 aliphatic carbocycles. The predicted molar refractivity (Wildman–Crippen MR) is 119 cm³/mol. The van der Waals surface area contributed by atoms with Crippen LogP contribution in [0.15, 0.2) is 71.4 Å². The summed E-state index contributed by atoms with van der Waals surface area (Å²) in [6.45, 7) is 6.96. The molecule has 158 valence electrons. The van der Waals surface area contributed by atoms with Gasteiger partial charge in [0.05, 0.1) is 18.4 Å². The summed E-state index contributed by atoms with van der Waals surface area (Å²) < 4.78 is 13.4. The standard InChI is InChI=1S/C25H25N3O3/c1-17-6-4-9-20(12-17)14-28-15-21(13-26-28)27-25(29)23-11-10-22(31-23)16-30-24-18(2)7-5-8-19(24)3/h4-13,15H,14,16H2,1-3H3,(H,27,29). The summed E-state index contributed by atoms with van der Waals surface area (Å²) in [5.41, 5.74) is 5.09. The van der Waals surface area contributed by atoms with Crippen LogP contribution in [-0.4, -0.2) is 15.7 Å². The van der Waals surface area contributed by atoms with Crippen molar-refractivity contribution < 1.29 is 13.9 Å². The number of carbonyl (C=O) groups is 1. The lowest BCUT2D eigenvalue weighted by Crippen LogP contribution is -2.10. The number of amides is 1. The van der Waals surface area contributed by atoms with Gasteiger partial charge in [0.25, 0.3) is 5.91 Å². The molecular formula is C25H25N3O3. The van der Waals surface area contributed by atoms with Gasteiger partial charge in [-0.1, -0.05) is 48.0 Å². The maximum absolute atomic E-state index is 12.5. The van der Waals surface area contributed by atoms with E-state index in [1.807, 2.05) is 38.1 Å². The SMILES string of the molecule is Cc1cccc(Cn2cc(NC(=O)c3ccc(COc4c(C)cccc4C)o3)cn2)c1. The fourth-order valence-electron chi connectivity index (χ4n) is 3.45. The number of anilines is 1. The van der Waals surface area contributed by atoms with Crippen LogP contribution in [0.25, 0.3) is 0 Å². The third-order valence-electron chi connectivity index (χ3n) is 4.97. The van der Waals surface area contributed by atoms with Crippen molar-refractivity contribution in [3.8, 4) is 5.75 Å². The fraction of sp³-hybridized carbons (Fsp3) is 0.200. The van der Waals surface area contributed by atoms with Crippen LogP contribution >= 0.6 is 0 Å². The third kappa shape index (κ3) is 5.04. The number of ether oxygens (including phenoxy) is 1. The fourth-order valence-corrected chi connectivity index (χ4v) is 3.45. The summed E-state index contributed by atoms with van der Waals surface area (Å²) in [5, 5.41) is 7.15. The maximum Gasteiger partial charge on any atom is 0.291 e. The predicted octanol–water partition coefficient (Wildman–Crippen LogP) is 5.28. The second-order valence-corrected chi connectivity index (χ2v) is 7.65. The molecule has 0 radical (unpaired) electrons. The number of rotatable bonds is 7.